The second-order valence-electron chi connectivity index (χ2n) is 4.33. The van der Waals surface area contributed by atoms with Crippen LogP contribution in [0.5, 0.6) is 11.6 Å². The van der Waals surface area contributed by atoms with Gasteiger partial charge in [0.1, 0.15) is 10.6 Å². The van der Waals surface area contributed by atoms with Gasteiger partial charge in [-0.3, -0.25) is 0 Å². The van der Waals surface area contributed by atoms with Gasteiger partial charge in [0.15, 0.2) is 0 Å². The monoisotopic (exact) mass is 386 g/mol. The lowest BCUT2D eigenvalue weighted by Gasteiger charge is -2.11. The minimum Gasteiger partial charge on any atom is -0.495 e. The second kappa shape index (κ2) is 7.08. The number of ether oxygens (including phenoxy) is 2. The number of sulfonamides is 1. The Kier molecular flexibility index (Phi) is 5.38. The number of rotatable bonds is 6. The number of nitrogens with one attached hydrogen (secondary N) is 1. The van der Waals surface area contributed by atoms with Crippen LogP contribution in [-0.4, -0.2) is 27.6 Å². The quantitative estimate of drug-likeness (QED) is 0.824. The smallest absolute Gasteiger partial charge is 0.244 e. The lowest BCUT2D eigenvalue weighted by molar-refractivity contribution is 0.397. The Morgan fingerprint density at radius 3 is 2.64 bits per heavy atom. The summed E-state index contributed by atoms with van der Waals surface area (Å²) in [6.45, 7) is 0.122. The van der Waals surface area contributed by atoms with E-state index in [0.29, 0.717) is 10.4 Å². The van der Waals surface area contributed by atoms with Crippen LogP contribution in [0.1, 0.15) is 5.56 Å². The first kappa shape index (κ1) is 16.7. The second-order valence-corrected chi connectivity index (χ2v) is 6.98. The average Bonchev–Trinajstić information content (AvgIpc) is 2.53. The molecule has 1 heterocycles. The molecule has 0 spiro atoms. The molecule has 0 aliphatic heterocycles. The average molecular weight is 387 g/mol. The summed E-state index contributed by atoms with van der Waals surface area (Å²) >= 11 is 3.26. The summed E-state index contributed by atoms with van der Waals surface area (Å²) in [5.41, 5.74) is 0.740. The van der Waals surface area contributed by atoms with Crippen molar-refractivity contribution in [3.8, 4) is 11.6 Å². The van der Waals surface area contributed by atoms with E-state index in [9.17, 15) is 8.42 Å². The first-order valence-electron chi connectivity index (χ1n) is 6.28. The highest BCUT2D eigenvalue weighted by Crippen LogP contribution is 2.27. The zero-order valence-corrected chi connectivity index (χ0v) is 14.4. The van der Waals surface area contributed by atoms with Crippen LogP contribution in [0.15, 0.2) is 45.9 Å². The molecule has 0 saturated carbocycles. The van der Waals surface area contributed by atoms with Gasteiger partial charge in [-0.15, -0.1) is 0 Å². The molecular weight excluding hydrogens is 372 g/mol. The van der Waals surface area contributed by atoms with Crippen LogP contribution in [0.2, 0.25) is 0 Å². The van der Waals surface area contributed by atoms with Crippen LogP contribution in [0.25, 0.3) is 0 Å². The van der Waals surface area contributed by atoms with Gasteiger partial charge in [-0.2, -0.15) is 0 Å². The normalized spacial score (nSPS) is 11.2. The van der Waals surface area contributed by atoms with Crippen molar-refractivity contribution in [2.24, 2.45) is 0 Å². The standard InChI is InChI=1S/C14H15BrN2O4S/c1-20-12-4-3-11(15)8-13(12)22(18,19)17-9-10-5-6-16-14(7-10)21-2/h3-8,17H,9H2,1-2H3. The number of aromatic nitrogens is 1. The van der Waals surface area contributed by atoms with E-state index in [1.807, 2.05) is 0 Å². The molecule has 1 N–H and O–H groups in total. The zero-order valence-electron chi connectivity index (χ0n) is 12.0. The topological polar surface area (TPSA) is 77.5 Å². The van der Waals surface area contributed by atoms with Crippen LogP contribution < -0.4 is 14.2 Å². The third-order valence-corrected chi connectivity index (χ3v) is 4.81. The van der Waals surface area contributed by atoms with Gasteiger partial charge in [0.25, 0.3) is 0 Å². The Balaban J connectivity index is 2.22. The Bertz CT molecular complexity index is 765. The van der Waals surface area contributed by atoms with Gasteiger partial charge in [-0.25, -0.2) is 18.1 Å². The molecule has 2 aromatic rings. The Morgan fingerprint density at radius 2 is 1.95 bits per heavy atom. The fraction of sp³-hybridized carbons (Fsp3) is 0.214. The minimum atomic E-state index is -3.71. The molecule has 118 valence electrons. The highest BCUT2D eigenvalue weighted by Gasteiger charge is 2.19. The Morgan fingerprint density at radius 1 is 1.18 bits per heavy atom. The van der Waals surface area contributed by atoms with Crippen LogP contribution in [0, 0.1) is 0 Å². The summed E-state index contributed by atoms with van der Waals surface area (Å²) in [7, 11) is -0.780. The molecule has 22 heavy (non-hydrogen) atoms. The van der Waals surface area contributed by atoms with Gasteiger partial charge in [0.2, 0.25) is 15.9 Å². The van der Waals surface area contributed by atoms with E-state index in [1.165, 1.54) is 20.3 Å². The molecule has 1 aromatic heterocycles. The summed E-state index contributed by atoms with van der Waals surface area (Å²) in [5.74, 6) is 0.708. The van der Waals surface area contributed by atoms with Gasteiger partial charge >= 0.3 is 0 Å². The molecule has 0 aliphatic carbocycles. The predicted molar refractivity (Wildman–Crippen MR) is 85.5 cm³/mol. The molecule has 2 rings (SSSR count). The highest BCUT2D eigenvalue weighted by atomic mass is 79.9. The predicted octanol–water partition coefficient (Wildman–Crippen LogP) is 2.34. The summed E-state index contributed by atoms with van der Waals surface area (Å²) in [4.78, 5) is 4.05. The number of methoxy groups -OCH3 is 2. The summed E-state index contributed by atoms with van der Waals surface area (Å²) in [6.07, 6.45) is 1.56. The van der Waals surface area contributed by atoms with E-state index in [0.717, 1.165) is 5.56 Å². The van der Waals surface area contributed by atoms with E-state index < -0.39 is 10.0 Å². The summed E-state index contributed by atoms with van der Waals surface area (Å²) < 4.78 is 38.2. The summed E-state index contributed by atoms with van der Waals surface area (Å²) in [6, 6.07) is 8.18. The van der Waals surface area contributed by atoms with Crippen molar-refractivity contribution < 1.29 is 17.9 Å². The third-order valence-electron chi connectivity index (χ3n) is 2.89. The van der Waals surface area contributed by atoms with Crippen molar-refractivity contribution in [3.63, 3.8) is 0 Å². The number of benzene rings is 1. The first-order chi connectivity index (χ1) is 10.5. The van der Waals surface area contributed by atoms with Crippen LogP contribution in [0.4, 0.5) is 0 Å². The third kappa shape index (κ3) is 3.96. The van der Waals surface area contributed by atoms with E-state index in [2.05, 4.69) is 25.6 Å². The lowest BCUT2D eigenvalue weighted by atomic mass is 10.3. The van der Waals surface area contributed by atoms with Gasteiger partial charge in [0.05, 0.1) is 14.2 Å². The molecule has 0 saturated heterocycles. The van der Waals surface area contributed by atoms with Crippen molar-refractivity contribution in [1.29, 1.82) is 0 Å². The fourth-order valence-corrected chi connectivity index (χ4v) is 3.51. The van der Waals surface area contributed by atoms with Crippen molar-refractivity contribution >= 4 is 26.0 Å². The highest BCUT2D eigenvalue weighted by molar-refractivity contribution is 9.10. The van der Waals surface area contributed by atoms with Gasteiger partial charge < -0.3 is 9.47 Å². The van der Waals surface area contributed by atoms with E-state index in [-0.39, 0.29) is 17.2 Å². The van der Waals surface area contributed by atoms with E-state index in [4.69, 9.17) is 9.47 Å². The molecule has 0 amide bonds. The SMILES string of the molecule is COc1cc(CNS(=O)(=O)c2cc(Br)ccc2OC)ccn1. The number of halogens is 1. The lowest BCUT2D eigenvalue weighted by Crippen LogP contribution is -2.23. The molecule has 0 fully saturated rings. The van der Waals surface area contributed by atoms with Crippen molar-refractivity contribution in [3.05, 3.63) is 46.6 Å². The van der Waals surface area contributed by atoms with Crippen molar-refractivity contribution in [2.75, 3.05) is 14.2 Å². The number of nitrogens with zero attached hydrogens (tertiary/aromatic N) is 1. The van der Waals surface area contributed by atoms with E-state index >= 15 is 0 Å². The molecule has 0 radical (unpaired) electrons. The maximum Gasteiger partial charge on any atom is 0.244 e. The summed E-state index contributed by atoms with van der Waals surface area (Å²) in [5, 5.41) is 0. The number of hydrogen-bond acceptors (Lipinski definition) is 5. The van der Waals surface area contributed by atoms with E-state index in [1.54, 1.807) is 30.5 Å². The van der Waals surface area contributed by atoms with Crippen molar-refractivity contribution in [2.45, 2.75) is 11.4 Å². The fourth-order valence-electron chi connectivity index (χ4n) is 1.79. The Hall–Kier alpha value is -1.64. The molecule has 0 bridgehead atoms. The molecule has 0 atom stereocenters. The van der Waals surface area contributed by atoms with Crippen LogP contribution in [-0.2, 0) is 16.6 Å². The molecule has 8 heteroatoms. The molecule has 0 aliphatic rings. The molecule has 6 nitrogen and oxygen atoms in total. The maximum atomic E-state index is 12.4. The van der Waals surface area contributed by atoms with Gasteiger partial charge in [-0.1, -0.05) is 15.9 Å². The van der Waals surface area contributed by atoms with Crippen LogP contribution >= 0.6 is 15.9 Å². The van der Waals surface area contributed by atoms with Crippen LogP contribution in [0.3, 0.4) is 0 Å². The van der Waals surface area contributed by atoms with Gasteiger partial charge in [-0.05, 0) is 29.8 Å². The first-order valence-corrected chi connectivity index (χ1v) is 8.56. The molecule has 0 unspecified atom stereocenters. The Labute approximate surface area is 137 Å². The maximum absolute atomic E-state index is 12.4. The minimum absolute atomic E-state index is 0.0744. The largest absolute Gasteiger partial charge is 0.495 e. The zero-order chi connectivity index (χ0) is 16.2. The van der Waals surface area contributed by atoms with Gasteiger partial charge in [0, 0.05) is 23.3 Å². The number of pyridine rings is 1. The molecule has 1 aromatic carbocycles. The molecular formula is C14H15BrN2O4S. The van der Waals surface area contributed by atoms with Crippen molar-refractivity contribution in [1.82, 2.24) is 9.71 Å². The number of hydrogen-bond donors (Lipinski definition) is 1.